The molecule has 0 spiro atoms. The van der Waals surface area contributed by atoms with E-state index in [1.807, 2.05) is 24.6 Å². The van der Waals surface area contributed by atoms with Crippen LogP contribution in [0.4, 0.5) is 0 Å². The lowest BCUT2D eigenvalue weighted by Gasteiger charge is -2.39. The van der Waals surface area contributed by atoms with Crippen LogP contribution in [-0.4, -0.2) is 22.5 Å². The molecule has 1 heterocycles. The molecule has 2 atom stereocenters. The average molecular weight is 281 g/mol. The van der Waals surface area contributed by atoms with E-state index < -0.39 is 17.4 Å². The Bertz CT molecular complexity index is 497. The van der Waals surface area contributed by atoms with Crippen LogP contribution in [0, 0.1) is 12.8 Å². The van der Waals surface area contributed by atoms with Crippen LogP contribution in [0.25, 0.3) is 0 Å². The zero-order valence-corrected chi connectivity index (χ0v) is 12.0. The van der Waals surface area contributed by atoms with Gasteiger partial charge in [0.1, 0.15) is 0 Å². The van der Waals surface area contributed by atoms with Gasteiger partial charge in [-0.05, 0) is 37.6 Å². The van der Waals surface area contributed by atoms with Crippen molar-refractivity contribution in [2.45, 2.75) is 45.1 Å². The van der Waals surface area contributed by atoms with Gasteiger partial charge in [0.05, 0.1) is 17.0 Å². The van der Waals surface area contributed by atoms with E-state index in [4.69, 9.17) is 0 Å². The Morgan fingerprint density at radius 1 is 1.42 bits per heavy atom. The van der Waals surface area contributed by atoms with E-state index in [-0.39, 0.29) is 5.91 Å². The molecule has 1 amide bonds. The summed E-state index contributed by atoms with van der Waals surface area (Å²) in [5.41, 5.74) is 0.949. The monoisotopic (exact) mass is 281 g/mol. The molecule has 2 N–H and O–H groups in total. The smallest absolute Gasteiger partial charge is 0.308 e. The number of carbonyl (C=O) groups is 2. The first-order valence-corrected chi connectivity index (χ1v) is 7.46. The number of thiophene rings is 1. The molecule has 0 aliphatic heterocycles. The fourth-order valence-electron chi connectivity index (χ4n) is 2.80. The van der Waals surface area contributed by atoms with Gasteiger partial charge in [-0.3, -0.25) is 9.59 Å². The second-order valence-corrected chi connectivity index (χ2v) is 6.22. The average Bonchev–Trinajstić information content (AvgIpc) is 2.75. The van der Waals surface area contributed by atoms with Crippen LogP contribution in [0.3, 0.4) is 0 Å². The molecule has 0 saturated heterocycles. The first kappa shape index (κ1) is 14.1. The first-order valence-electron chi connectivity index (χ1n) is 6.52. The first-order chi connectivity index (χ1) is 8.94. The molecule has 1 aromatic heterocycles. The number of hydrogen-bond acceptors (Lipinski definition) is 3. The number of nitrogens with one attached hydrogen (secondary N) is 1. The molecule has 19 heavy (non-hydrogen) atoms. The lowest BCUT2D eigenvalue weighted by molar-refractivity contribution is -0.145. The molecule has 1 aromatic rings. The predicted octanol–water partition coefficient (Wildman–Crippen LogP) is 2.82. The van der Waals surface area contributed by atoms with Crippen LogP contribution >= 0.6 is 11.3 Å². The lowest BCUT2D eigenvalue weighted by atomic mass is 9.73. The maximum absolute atomic E-state index is 12.3. The Morgan fingerprint density at radius 3 is 2.74 bits per heavy atom. The van der Waals surface area contributed by atoms with Crippen molar-refractivity contribution >= 4 is 23.2 Å². The number of hydrogen-bond donors (Lipinski definition) is 2. The molecule has 0 bridgehead atoms. The second kappa shape index (κ2) is 5.33. The maximum atomic E-state index is 12.3. The summed E-state index contributed by atoms with van der Waals surface area (Å²) in [6, 6.07) is 0. The third-order valence-electron chi connectivity index (χ3n) is 4.01. The van der Waals surface area contributed by atoms with Crippen molar-refractivity contribution in [2.75, 3.05) is 0 Å². The fraction of sp³-hybridized carbons (Fsp3) is 0.571. The van der Waals surface area contributed by atoms with Gasteiger partial charge in [-0.2, -0.15) is 11.3 Å². The van der Waals surface area contributed by atoms with Gasteiger partial charge in [-0.15, -0.1) is 0 Å². The Kier molecular flexibility index (Phi) is 3.94. The van der Waals surface area contributed by atoms with E-state index in [0.29, 0.717) is 12.0 Å². The van der Waals surface area contributed by atoms with E-state index >= 15 is 0 Å². The van der Waals surface area contributed by atoms with E-state index in [9.17, 15) is 14.7 Å². The number of amides is 1. The second-order valence-electron chi connectivity index (χ2n) is 5.48. The molecule has 1 saturated carbocycles. The Morgan fingerprint density at radius 2 is 2.16 bits per heavy atom. The summed E-state index contributed by atoms with van der Waals surface area (Å²) in [6.45, 7) is 3.74. The number of carbonyl (C=O) groups excluding carboxylic acids is 1. The molecular formula is C14H19NO3S. The summed E-state index contributed by atoms with van der Waals surface area (Å²) in [6.07, 6.45) is 3.23. The summed E-state index contributed by atoms with van der Waals surface area (Å²) < 4.78 is 0. The molecule has 2 unspecified atom stereocenters. The number of carboxylic acids is 1. The van der Waals surface area contributed by atoms with Gasteiger partial charge in [0.25, 0.3) is 5.91 Å². The standard InChI is InChI=1S/C14H19NO3S/c1-9-7-19-8-10(9)12(16)15-14(2)6-4-3-5-11(14)13(17)18/h7-8,11H,3-6H2,1-2H3,(H,15,16)(H,17,18). The Labute approximate surface area is 116 Å². The molecule has 0 radical (unpaired) electrons. The molecule has 2 rings (SSSR count). The Balaban J connectivity index is 2.17. The summed E-state index contributed by atoms with van der Waals surface area (Å²) in [7, 11) is 0. The highest BCUT2D eigenvalue weighted by atomic mass is 32.1. The molecule has 5 heteroatoms. The normalized spacial score (nSPS) is 26.9. The van der Waals surface area contributed by atoms with Crippen LogP contribution < -0.4 is 5.32 Å². The van der Waals surface area contributed by atoms with Crippen molar-refractivity contribution in [3.63, 3.8) is 0 Å². The SMILES string of the molecule is Cc1cscc1C(=O)NC1(C)CCCCC1C(=O)O. The third-order valence-corrected chi connectivity index (χ3v) is 4.87. The summed E-state index contributed by atoms with van der Waals surface area (Å²) in [5, 5.41) is 16.0. The molecule has 1 aliphatic carbocycles. The molecule has 104 valence electrons. The fourth-order valence-corrected chi connectivity index (χ4v) is 3.63. The van der Waals surface area contributed by atoms with E-state index in [1.54, 1.807) is 0 Å². The zero-order valence-electron chi connectivity index (χ0n) is 11.2. The highest BCUT2D eigenvalue weighted by Gasteiger charge is 2.42. The minimum Gasteiger partial charge on any atom is -0.481 e. The largest absolute Gasteiger partial charge is 0.481 e. The molecule has 0 aromatic carbocycles. The van der Waals surface area contributed by atoms with Crippen LogP contribution in [0.1, 0.15) is 48.5 Å². The van der Waals surface area contributed by atoms with E-state index in [1.165, 1.54) is 11.3 Å². The van der Waals surface area contributed by atoms with Crippen LogP contribution in [-0.2, 0) is 4.79 Å². The predicted molar refractivity (Wildman–Crippen MR) is 74.5 cm³/mol. The highest BCUT2D eigenvalue weighted by molar-refractivity contribution is 7.08. The van der Waals surface area contributed by atoms with E-state index in [2.05, 4.69) is 5.32 Å². The Hall–Kier alpha value is -1.36. The van der Waals surface area contributed by atoms with Gasteiger partial charge in [-0.1, -0.05) is 12.8 Å². The molecule has 1 aliphatic rings. The van der Waals surface area contributed by atoms with Gasteiger partial charge in [0, 0.05) is 5.38 Å². The summed E-state index contributed by atoms with van der Waals surface area (Å²) in [4.78, 5) is 23.6. The van der Waals surface area contributed by atoms with Gasteiger partial charge in [0.2, 0.25) is 0 Å². The van der Waals surface area contributed by atoms with Crippen LogP contribution in [0.2, 0.25) is 0 Å². The van der Waals surface area contributed by atoms with Gasteiger partial charge in [-0.25, -0.2) is 0 Å². The number of rotatable bonds is 3. The topological polar surface area (TPSA) is 66.4 Å². The van der Waals surface area contributed by atoms with Crippen molar-refractivity contribution in [3.05, 3.63) is 21.9 Å². The van der Waals surface area contributed by atoms with Crippen molar-refractivity contribution in [1.82, 2.24) is 5.32 Å². The summed E-state index contributed by atoms with van der Waals surface area (Å²) >= 11 is 1.49. The van der Waals surface area contributed by atoms with E-state index in [0.717, 1.165) is 24.8 Å². The highest BCUT2D eigenvalue weighted by Crippen LogP contribution is 2.34. The van der Waals surface area contributed by atoms with Gasteiger partial charge >= 0.3 is 5.97 Å². The maximum Gasteiger partial charge on any atom is 0.308 e. The van der Waals surface area contributed by atoms with Crippen LogP contribution in [0.5, 0.6) is 0 Å². The van der Waals surface area contributed by atoms with Crippen molar-refractivity contribution in [1.29, 1.82) is 0 Å². The van der Waals surface area contributed by atoms with Crippen LogP contribution in [0.15, 0.2) is 10.8 Å². The summed E-state index contributed by atoms with van der Waals surface area (Å²) in [5.74, 6) is -1.47. The molecular weight excluding hydrogens is 262 g/mol. The quantitative estimate of drug-likeness (QED) is 0.895. The molecule has 1 fully saturated rings. The van der Waals surface area contributed by atoms with Gasteiger partial charge in [0.15, 0.2) is 0 Å². The number of aryl methyl sites for hydroxylation is 1. The zero-order chi connectivity index (χ0) is 14.0. The lowest BCUT2D eigenvalue weighted by Crippen LogP contribution is -2.55. The van der Waals surface area contributed by atoms with Crippen molar-refractivity contribution in [2.24, 2.45) is 5.92 Å². The number of aliphatic carboxylic acids is 1. The minimum atomic E-state index is -0.815. The van der Waals surface area contributed by atoms with Crippen molar-refractivity contribution in [3.8, 4) is 0 Å². The van der Waals surface area contributed by atoms with Gasteiger partial charge < -0.3 is 10.4 Å². The molecule has 4 nitrogen and oxygen atoms in total. The number of carboxylic acid groups (broad SMARTS) is 1. The van der Waals surface area contributed by atoms with Crippen molar-refractivity contribution < 1.29 is 14.7 Å². The minimum absolute atomic E-state index is 0.158. The third kappa shape index (κ3) is 2.81.